The molecule has 0 amide bonds. The van der Waals surface area contributed by atoms with Gasteiger partial charge in [-0.3, -0.25) is 19.6 Å². The van der Waals surface area contributed by atoms with E-state index >= 15 is 4.39 Å². The van der Waals surface area contributed by atoms with Gasteiger partial charge in [0.2, 0.25) is 5.88 Å². The molecule has 0 spiro atoms. The lowest BCUT2D eigenvalue weighted by atomic mass is 9.88. The van der Waals surface area contributed by atoms with Gasteiger partial charge in [-0.15, -0.1) is 0 Å². The van der Waals surface area contributed by atoms with Gasteiger partial charge < -0.3 is 9.47 Å². The van der Waals surface area contributed by atoms with Gasteiger partial charge in [0.25, 0.3) is 0 Å². The van der Waals surface area contributed by atoms with Gasteiger partial charge >= 0.3 is 0 Å². The number of rotatable bonds is 12. The van der Waals surface area contributed by atoms with Crippen molar-refractivity contribution in [2.75, 3.05) is 6.61 Å². The average molecular weight is 580 g/mol. The third kappa shape index (κ3) is 6.40. The molecule has 2 aromatic carbocycles. The smallest absolute Gasteiger partial charge is 0.215 e. The first kappa shape index (κ1) is 28.1. The lowest BCUT2D eigenvalue weighted by molar-refractivity contribution is -0.133. The number of nitrogens with zero attached hydrogens (tertiary/aromatic N) is 3. The van der Waals surface area contributed by atoms with Crippen LogP contribution in [0.3, 0.4) is 0 Å². The van der Waals surface area contributed by atoms with Crippen LogP contribution in [0.4, 0.5) is 8.78 Å². The van der Waals surface area contributed by atoms with E-state index in [1.54, 1.807) is 55.1 Å². The van der Waals surface area contributed by atoms with E-state index in [2.05, 4.69) is 15.0 Å². The number of halogens is 2. The third-order valence-corrected chi connectivity index (χ3v) is 7.63. The Morgan fingerprint density at radius 1 is 0.767 bits per heavy atom. The van der Waals surface area contributed by atoms with Gasteiger partial charge in [-0.25, -0.2) is 13.8 Å². The predicted molar refractivity (Wildman–Crippen MR) is 155 cm³/mol. The molecule has 216 valence electrons. The van der Waals surface area contributed by atoms with E-state index in [9.17, 15) is 14.0 Å². The van der Waals surface area contributed by atoms with Crippen LogP contribution in [0.15, 0.2) is 91.5 Å². The molecular weight excluding hydrogens is 552 g/mol. The number of ketones is 2. The molecular formula is C34H27F2N3O4. The van der Waals surface area contributed by atoms with Crippen LogP contribution in [0.5, 0.6) is 17.4 Å². The normalized spacial score (nSPS) is 13.4. The van der Waals surface area contributed by atoms with Crippen LogP contribution in [0, 0.1) is 17.0 Å². The van der Waals surface area contributed by atoms with Gasteiger partial charge in [0.15, 0.2) is 23.1 Å². The summed E-state index contributed by atoms with van der Waals surface area (Å²) in [5, 5.41) is 0.581. The fourth-order valence-corrected chi connectivity index (χ4v) is 4.99. The number of pyridine rings is 3. The number of aromatic nitrogens is 3. The molecule has 0 N–H and O–H groups in total. The van der Waals surface area contributed by atoms with Gasteiger partial charge in [0.05, 0.1) is 22.9 Å². The summed E-state index contributed by atoms with van der Waals surface area (Å²) in [5.74, 6) is -0.689. The zero-order valence-corrected chi connectivity index (χ0v) is 23.1. The van der Waals surface area contributed by atoms with E-state index in [4.69, 9.17) is 9.47 Å². The van der Waals surface area contributed by atoms with Crippen molar-refractivity contribution in [1.82, 2.24) is 15.0 Å². The monoisotopic (exact) mass is 579 g/mol. The van der Waals surface area contributed by atoms with Crippen molar-refractivity contribution in [3.05, 3.63) is 120 Å². The summed E-state index contributed by atoms with van der Waals surface area (Å²) in [4.78, 5) is 38.8. The highest BCUT2D eigenvalue weighted by atomic mass is 19.1. The first-order valence-electron chi connectivity index (χ1n) is 13.9. The Kier molecular flexibility index (Phi) is 7.87. The number of Topliss-reactive ketones (excluding diaryl/α,β-unsaturated/α-hetero) is 2. The van der Waals surface area contributed by atoms with Crippen molar-refractivity contribution in [2.45, 2.75) is 32.1 Å². The van der Waals surface area contributed by atoms with E-state index in [1.165, 1.54) is 24.3 Å². The van der Waals surface area contributed by atoms with Crippen LogP contribution in [-0.2, 0) is 28.9 Å². The molecule has 9 heteroatoms. The predicted octanol–water partition coefficient (Wildman–Crippen LogP) is 6.42. The standard InChI is InChI=1S/C34H27F2N3O4/c35-25-4-1-23(2-5-25)18-31(40)34(11-12-34)32(41)19-24-3-6-30(27(36)17-24)43-29-9-15-38-28-20-33(39-21-26(28)29)42-16-10-22-7-13-37-14-8-22/h1-9,13-15,17,20-21H,10-12,16,18-19H2. The van der Waals surface area contributed by atoms with Gasteiger partial charge in [-0.05, 0) is 72.0 Å². The summed E-state index contributed by atoms with van der Waals surface area (Å²) in [7, 11) is 0. The van der Waals surface area contributed by atoms with Gasteiger partial charge in [-0.2, -0.15) is 0 Å². The SMILES string of the molecule is O=C(Cc1ccc(F)cc1)C1(C(=O)Cc2ccc(Oc3ccnc4cc(OCCc5ccncc5)ncc34)c(F)c2)CC1. The largest absolute Gasteiger partial charge is 0.477 e. The molecule has 43 heavy (non-hydrogen) atoms. The molecule has 5 aromatic rings. The van der Waals surface area contributed by atoms with Crippen LogP contribution in [0.1, 0.15) is 29.5 Å². The second-order valence-electron chi connectivity index (χ2n) is 10.6. The molecule has 3 aromatic heterocycles. The fourth-order valence-electron chi connectivity index (χ4n) is 4.99. The molecule has 0 atom stereocenters. The highest BCUT2D eigenvalue weighted by Crippen LogP contribution is 2.49. The Morgan fingerprint density at radius 3 is 2.21 bits per heavy atom. The van der Waals surface area contributed by atoms with Crippen molar-refractivity contribution >= 4 is 22.5 Å². The van der Waals surface area contributed by atoms with E-state index in [1.807, 2.05) is 12.1 Å². The number of hydrogen-bond acceptors (Lipinski definition) is 7. The highest BCUT2D eigenvalue weighted by Gasteiger charge is 2.54. The molecule has 7 nitrogen and oxygen atoms in total. The molecule has 1 fully saturated rings. The summed E-state index contributed by atoms with van der Waals surface area (Å²) in [6, 6.07) is 17.2. The van der Waals surface area contributed by atoms with Crippen LogP contribution < -0.4 is 9.47 Å². The fraction of sp³-hybridized carbons (Fsp3) is 0.206. The van der Waals surface area contributed by atoms with E-state index in [0.717, 1.165) is 5.56 Å². The molecule has 1 aliphatic rings. The minimum absolute atomic E-state index is 0.0186. The van der Waals surface area contributed by atoms with Crippen molar-refractivity contribution in [3.8, 4) is 17.4 Å². The molecule has 0 saturated heterocycles. The van der Waals surface area contributed by atoms with Crippen LogP contribution >= 0.6 is 0 Å². The number of hydrogen-bond donors (Lipinski definition) is 0. The average Bonchev–Trinajstić information content (AvgIpc) is 3.83. The minimum atomic E-state index is -1.05. The van der Waals surface area contributed by atoms with Gasteiger partial charge in [0, 0.05) is 50.1 Å². The van der Waals surface area contributed by atoms with Crippen molar-refractivity contribution < 1.29 is 27.8 Å². The zero-order valence-electron chi connectivity index (χ0n) is 23.1. The van der Waals surface area contributed by atoms with Crippen molar-refractivity contribution in [2.24, 2.45) is 5.41 Å². The maximum absolute atomic E-state index is 15.1. The Morgan fingerprint density at radius 2 is 1.49 bits per heavy atom. The van der Waals surface area contributed by atoms with Crippen LogP contribution in [-0.4, -0.2) is 33.1 Å². The highest BCUT2D eigenvalue weighted by molar-refractivity contribution is 6.10. The lowest BCUT2D eigenvalue weighted by Crippen LogP contribution is -2.28. The molecule has 0 aliphatic heterocycles. The summed E-state index contributed by atoms with van der Waals surface area (Å²) in [6.07, 6.45) is 8.22. The van der Waals surface area contributed by atoms with Crippen molar-refractivity contribution in [3.63, 3.8) is 0 Å². The lowest BCUT2D eigenvalue weighted by Gasteiger charge is -2.14. The minimum Gasteiger partial charge on any atom is -0.477 e. The second kappa shape index (κ2) is 12.1. The van der Waals surface area contributed by atoms with Gasteiger partial charge in [-0.1, -0.05) is 18.2 Å². The van der Waals surface area contributed by atoms with Crippen LogP contribution in [0.2, 0.25) is 0 Å². The topological polar surface area (TPSA) is 91.3 Å². The number of carbonyl (C=O) groups is 2. The third-order valence-electron chi connectivity index (χ3n) is 7.63. The number of ether oxygens (including phenoxy) is 2. The molecule has 3 heterocycles. The van der Waals surface area contributed by atoms with E-state index in [-0.39, 0.29) is 36.0 Å². The molecule has 0 unspecified atom stereocenters. The van der Waals surface area contributed by atoms with Crippen molar-refractivity contribution in [1.29, 1.82) is 0 Å². The van der Waals surface area contributed by atoms with E-state index in [0.29, 0.717) is 59.5 Å². The maximum atomic E-state index is 15.1. The quantitative estimate of drug-likeness (QED) is 0.158. The number of benzene rings is 2. The molecule has 6 rings (SSSR count). The Bertz CT molecular complexity index is 1790. The Labute approximate surface area is 246 Å². The second-order valence-corrected chi connectivity index (χ2v) is 10.6. The van der Waals surface area contributed by atoms with E-state index < -0.39 is 11.2 Å². The molecule has 0 radical (unpaired) electrons. The summed E-state index contributed by atoms with van der Waals surface area (Å²) in [6.45, 7) is 0.433. The molecule has 1 saturated carbocycles. The Hall–Kier alpha value is -5.05. The van der Waals surface area contributed by atoms with Gasteiger partial charge in [0.1, 0.15) is 11.6 Å². The zero-order chi connectivity index (χ0) is 29.8. The number of fused-ring (bicyclic) bond motifs is 1. The Balaban J connectivity index is 1.09. The summed E-state index contributed by atoms with van der Waals surface area (Å²) in [5.41, 5.74) is 1.73. The molecule has 1 aliphatic carbocycles. The molecule has 0 bridgehead atoms. The summed E-state index contributed by atoms with van der Waals surface area (Å²) < 4.78 is 40.0. The first-order valence-corrected chi connectivity index (χ1v) is 13.9. The number of carbonyl (C=O) groups excluding carboxylic acids is 2. The maximum Gasteiger partial charge on any atom is 0.215 e. The summed E-state index contributed by atoms with van der Waals surface area (Å²) >= 11 is 0. The van der Waals surface area contributed by atoms with Crippen LogP contribution in [0.25, 0.3) is 10.9 Å². The first-order chi connectivity index (χ1) is 20.9.